The first-order chi connectivity index (χ1) is 12.8. The molecule has 0 fully saturated rings. The second kappa shape index (κ2) is 9.60. The molecule has 0 spiro atoms. The number of thiophene rings is 1. The zero-order valence-electron chi connectivity index (χ0n) is 15.7. The number of fused-ring (bicyclic) bond motifs is 1. The Morgan fingerprint density at radius 1 is 1.32 bits per heavy atom. The van der Waals surface area contributed by atoms with Crippen LogP contribution in [0.5, 0.6) is 5.75 Å². The van der Waals surface area contributed by atoms with Gasteiger partial charge in [0.05, 0.1) is 5.56 Å². The molecule has 152 valence electrons. The lowest BCUT2D eigenvalue weighted by atomic mass is 10.0. The highest BCUT2D eigenvalue weighted by atomic mass is 35.5. The van der Waals surface area contributed by atoms with Gasteiger partial charge in [0.1, 0.15) is 10.8 Å². The molecular formula is C19H23Cl2N3O3S. The van der Waals surface area contributed by atoms with Crippen molar-refractivity contribution in [2.75, 3.05) is 18.5 Å². The Bertz CT molecular complexity index is 853. The summed E-state index contributed by atoms with van der Waals surface area (Å²) >= 11 is 7.24. The summed E-state index contributed by atoms with van der Waals surface area (Å²) < 4.78 is 5.46. The molecule has 2 heterocycles. The van der Waals surface area contributed by atoms with Gasteiger partial charge in [0.2, 0.25) is 0 Å². The monoisotopic (exact) mass is 443 g/mol. The van der Waals surface area contributed by atoms with Crippen LogP contribution in [0.15, 0.2) is 24.3 Å². The van der Waals surface area contributed by atoms with Crippen molar-refractivity contribution >= 4 is 52.2 Å². The van der Waals surface area contributed by atoms with Crippen LogP contribution in [0.25, 0.3) is 0 Å². The molecule has 1 aliphatic heterocycles. The number of primary amides is 1. The summed E-state index contributed by atoms with van der Waals surface area (Å²) in [6.07, 6.45) is 0.749. The van der Waals surface area contributed by atoms with Crippen molar-refractivity contribution in [1.29, 1.82) is 0 Å². The first-order valence-electron chi connectivity index (χ1n) is 8.71. The van der Waals surface area contributed by atoms with E-state index in [0.29, 0.717) is 27.4 Å². The predicted octanol–water partition coefficient (Wildman–Crippen LogP) is 3.71. The van der Waals surface area contributed by atoms with Crippen molar-refractivity contribution in [3.05, 3.63) is 45.3 Å². The van der Waals surface area contributed by atoms with Crippen LogP contribution in [-0.2, 0) is 17.8 Å². The number of carbonyl (C=O) groups is 2. The van der Waals surface area contributed by atoms with Gasteiger partial charge in [0.25, 0.3) is 11.8 Å². The molecular weight excluding hydrogens is 421 g/mol. The van der Waals surface area contributed by atoms with E-state index in [4.69, 9.17) is 22.1 Å². The molecule has 2 amide bonds. The average Bonchev–Trinajstić information content (AvgIpc) is 2.98. The number of carbonyl (C=O) groups excluding carboxylic acids is 2. The molecule has 6 nitrogen and oxygen atoms in total. The summed E-state index contributed by atoms with van der Waals surface area (Å²) in [5.41, 5.74) is 6.98. The quantitative estimate of drug-likeness (QED) is 0.712. The molecule has 0 unspecified atom stereocenters. The minimum atomic E-state index is -0.514. The number of nitrogens with zero attached hydrogens (tertiary/aromatic N) is 1. The van der Waals surface area contributed by atoms with Crippen molar-refractivity contribution in [3.8, 4) is 5.75 Å². The lowest BCUT2D eigenvalue weighted by Gasteiger charge is -2.30. The third-order valence-corrected chi connectivity index (χ3v) is 5.88. The van der Waals surface area contributed by atoms with Gasteiger partial charge in [0.15, 0.2) is 6.61 Å². The van der Waals surface area contributed by atoms with Gasteiger partial charge in [-0.3, -0.25) is 14.5 Å². The molecule has 1 aromatic carbocycles. The van der Waals surface area contributed by atoms with Crippen molar-refractivity contribution in [1.82, 2.24) is 4.90 Å². The summed E-state index contributed by atoms with van der Waals surface area (Å²) in [7, 11) is 0. The third kappa shape index (κ3) is 5.17. The first-order valence-corrected chi connectivity index (χ1v) is 9.91. The van der Waals surface area contributed by atoms with E-state index >= 15 is 0 Å². The van der Waals surface area contributed by atoms with Gasteiger partial charge in [-0.2, -0.15) is 0 Å². The highest BCUT2D eigenvalue weighted by molar-refractivity contribution is 7.17. The Morgan fingerprint density at radius 2 is 2.00 bits per heavy atom. The zero-order valence-corrected chi connectivity index (χ0v) is 18.0. The molecule has 1 aliphatic rings. The van der Waals surface area contributed by atoms with Crippen LogP contribution < -0.4 is 15.8 Å². The van der Waals surface area contributed by atoms with E-state index in [2.05, 4.69) is 24.1 Å². The first kappa shape index (κ1) is 22.5. The maximum Gasteiger partial charge on any atom is 0.262 e. The lowest BCUT2D eigenvalue weighted by molar-refractivity contribution is -0.118. The maximum absolute atomic E-state index is 12.3. The fourth-order valence-corrected chi connectivity index (χ4v) is 4.48. The fourth-order valence-electron chi connectivity index (χ4n) is 3.06. The summed E-state index contributed by atoms with van der Waals surface area (Å²) in [4.78, 5) is 27.7. The van der Waals surface area contributed by atoms with Crippen LogP contribution in [0, 0.1) is 0 Å². The Kier molecular flexibility index (Phi) is 7.71. The number of hydrogen-bond donors (Lipinski definition) is 2. The number of amides is 2. The van der Waals surface area contributed by atoms with E-state index in [1.165, 1.54) is 11.3 Å². The molecule has 1 aromatic heterocycles. The van der Waals surface area contributed by atoms with Gasteiger partial charge in [-0.05, 0) is 50.1 Å². The SMILES string of the molecule is CC(C)N1CCc2c(sc(NC(=O)COc3ccc(Cl)cc3)c2C(N)=O)C1.Cl. The molecule has 0 radical (unpaired) electrons. The Labute approximate surface area is 179 Å². The van der Waals surface area contributed by atoms with Crippen molar-refractivity contribution in [3.63, 3.8) is 0 Å². The van der Waals surface area contributed by atoms with Gasteiger partial charge in [-0.15, -0.1) is 23.7 Å². The molecule has 3 rings (SSSR count). The van der Waals surface area contributed by atoms with E-state index in [-0.39, 0.29) is 24.9 Å². The molecule has 0 saturated heterocycles. The normalized spacial score (nSPS) is 13.6. The number of ether oxygens (including phenoxy) is 1. The predicted molar refractivity (Wildman–Crippen MR) is 115 cm³/mol. The largest absolute Gasteiger partial charge is 0.484 e. The van der Waals surface area contributed by atoms with Crippen LogP contribution in [0.4, 0.5) is 5.00 Å². The molecule has 0 bridgehead atoms. The van der Waals surface area contributed by atoms with Gasteiger partial charge < -0.3 is 15.8 Å². The Balaban J connectivity index is 0.00000280. The summed E-state index contributed by atoms with van der Waals surface area (Å²) in [5, 5.41) is 3.88. The van der Waals surface area contributed by atoms with Crippen molar-refractivity contribution in [2.24, 2.45) is 5.73 Å². The van der Waals surface area contributed by atoms with Crippen LogP contribution in [0.3, 0.4) is 0 Å². The Hall–Kier alpha value is -1.80. The molecule has 0 saturated carbocycles. The molecule has 9 heteroatoms. The zero-order chi connectivity index (χ0) is 19.6. The van der Waals surface area contributed by atoms with Gasteiger partial charge in [-0.1, -0.05) is 11.6 Å². The smallest absolute Gasteiger partial charge is 0.262 e. The maximum atomic E-state index is 12.3. The third-order valence-electron chi connectivity index (χ3n) is 4.50. The summed E-state index contributed by atoms with van der Waals surface area (Å²) in [6.45, 7) is 5.75. The van der Waals surface area contributed by atoms with E-state index in [0.717, 1.165) is 30.0 Å². The van der Waals surface area contributed by atoms with Crippen molar-refractivity contribution < 1.29 is 14.3 Å². The average molecular weight is 444 g/mol. The molecule has 28 heavy (non-hydrogen) atoms. The number of halogens is 2. The number of rotatable bonds is 6. The highest BCUT2D eigenvalue weighted by Crippen LogP contribution is 2.37. The second-order valence-corrected chi connectivity index (χ2v) is 8.22. The van der Waals surface area contributed by atoms with Crippen LogP contribution in [-0.4, -0.2) is 35.9 Å². The molecule has 2 aromatic rings. The second-order valence-electron chi connectivity index (χ2n) is 6.68. The topological polar surface area (TPSA) is 84.7 Å². The van der Waals surface area contributed by atoms with Crippen LogP contribution in [0.2, 0.25) is 5.02 Å². The number of nitrogens with two attached hydrogens (primary N) is 1. The Morgan fingerprint density at radius 3 is 2.61 bits per heavy atom. The standard InChI is InChI=1S/C19H22ClN3O3S.ClH/c1-11(2)23-8-7-14-15(9-23)27-19(17(14)18(21)25)22-16(24)10-26-13-5-3-12(20)4-6-13;/h3-6,11H,7-10H2,1-2H3,(H2,21,25)(H,22,24);1H. The van der Waals surface area contributed by atoms with Gasteiger partial charge in [0, 0.05) is 29.0 Å². The van der Waals surface area contributed by atoms with E-state index in [1.54, 1.807) is 24.3 Å². The molecule has 3 N–H and O–H groups in total. The summed E-state index contributed by atoms with van der Waals surface area (Å²) in [6, 6.07) is 7.17. The molecule has 0 aliphatic carbocycles. The fraction of sp³-hybridized carbons (Fsp3) is 0.368. The highest BCUT2D eigenvalue weighted by Gasteiger charge is 2.28. The lowest BCUT2D eigenvalue weighted by Crippen LogP contribution is -2.35. The van der Waals surface area contributed by atoms with E-state index < -0.39 is 5.91 Å². The molecule has 0 atom stereocenters. The minimum Gasteiger partial charge on any atom is -0.484 e. The number of nitrogens with one attached hydrogen (secondary N) is 1. The van der Waals surface area contributed by atoms with Crippen LogP contribution in [0.1, 0.15) is 34.6 Å². The number of anilines is 1. The van der Waals surface area contributed by atoms with Gasteiger partial charge in [-0.25, -0.2) is 0 Å². The number of benzene rings is 1. The van der Waals surface area contributed by atoms with E-state index in [9.17, 15) is 9.59 Å². The minimum absolute atomic E-state index is 0. The van der Waals surface area contributed by atoms with E-state index in [1.807, 2.05) is 0 Å². The van der Waals surface area contributed by atoms with Gasteiger partial charge >= 0.3 is 0 Å². The van der Waals surface area contributed by atoms with Crippen LogP contribution >= 0.6 is 35.3 Å². The summed E-state index contributed by atoms with van der Waals surface area (Å²) in [5.74, 6) is -0.311. The number of hydrogen-bond acceptors (Lipinski definition) is 5. The van der Waals surface area contributed by atoms with Crippen molar-refractivity contribution in [2.45, 2.75) is 32.9 Å².